The van der Waals surface area contributed by atoms with E-state index in [4.69, 9.17) is 14.2 Å². The third-order valence-corrected chi connectivity index (χ3v) is 8.59. The van der Waals surface area contributed by atoms with Gasteiger partial charge in [0.15, 0.2) is 17.4 Å². The largest absolute Gasteiger partial charge is 0.464 e. The van der Waals surface area contributed by atoms with Crippen molar-refractivity contribution in [3.05, 3.63) is 53.9 Å². The summed E-state index contributed by atoms with van der Waals surface area (Å²) in [7, 11) is -1.24. The molecule has 2 aliphatic rings. The second-order valence-electron chi connectivity index (χ2n) is 12.4. The molecule has 5 rings (SSSR count). The normalized spacial score (nSPS) is 16.8. The lowest BCUT2D eigenvalue weighted by atomic mass is 9.95. The number of aliphatic imine (C=N–C) groups is 2. The van der Waals surface area contributed by atoms with Crippen LogP contribution in [-0.4, -0.2) is 56.2 Å². The van der Waals surface area contributed by atoms with E-state index in [-0.39, 0.29) is 17.1 Å². The van der Waals surface area contributed by atoms with Gasteiger partial charge in [-0.1, -0.05) is 39.6 Å². The molecule has 0 atom stereocenters. The molecule has 0 radical (unpaired) electrons. The van der Waals surface area contributed by atoms with Crippen molar-refractivity contribution in [2.75, 3.05) is 31.6 Å². The Balaban J connectivity index is 1.44. The molecule has 11 heteroatoms. The molecular weight excluding hydrogens is 544 g/mol. The second-order valence-corrected chi connectivity index (χ2v) is 18.0. The van der Waals surface area contributed by atoms with Crippen LogP contribution in [0.1, 0.15) is 25.8 Å². The molecule has 0 saturated carbocycles. The molecule has 1 N–H and O–H groups in total. The van der Waals surface area contributed by atoms with Crippen LogP contribution >= 0.6 is 0 Å². The van der Waals surface area contributed by atoms with Crippen LogP contribution in [0.3, 0.4) is 0 Å². The lowest BCUT2D eigenvalue weighted by molar-refractivity contribution is 0.0898. The molecule has 2 aliphatic heterocycles. The number of rotatable bonds is 9. The number of anilines is 1. The summed E-state index contributed by atoms with van der Waals surface area (Å²) in [6, 6.07) is 5.23. The van der Waals surface area contributed by atoms with Crippen molar-refractivity contribution in [2.24, 2.45) is 15.4 Å². The molecule has 2 aromatic heterocycles. The van der Waals surface area contributed by atoms with E-state index in [0.29, 0.717) is 56.2 Å². The summed E-state index contributed by atoms with van der Waals surface area (Å²) in [6.45, 7) is 13.5. The van der Waals surface area contributed by atoms with E-state index in [1.54, 1.807) is 12.3 Å². The van der Waals surface area contributed by atoms with Crippen molar-refractivity contribution in [1.82, 2.24) is 9.55 Å². The zero-order valence-electron chi connectivity index (χ0n) is 24.3. The van der Waals surface area contributed by atoms with Crippen LogP contribution < -0.4 is 10.1 Å². The number of hydrogen-bond acceptors (Lipinski definition) is 7. The van der Waals surface area contributed by atoms with E-state index in [1.165, 1.54) is 12.1 Å². The highest BCUT2D eigenvalue weighted by atomic mass is 28.3. The van der Waals surface area contributed by atoms with Gasteiger partial charge in [-0.3, -0.25) is 4.99 Å². The van der Waals surface area contributed by atoms with Crippen LogP contribution in [0.15, 0.2) is 46.7 Å². The van der Waals surface area contributed by atoms with Gasteiger partial charge in [0.1, 0.15) is 18.1 Å². The quantitative estimate of drug-likeness (QED) is 0.215. The van der Waals surface area contributed by atoms with Crippen molar-refractivity contribution < 1.29 is 23.0 Å². The summed E-state index contributed by atoms with van der Waals surface area (Å²) in [5, 5.41) is 3.52. The number of allylic oxidation sites excluding steroid dienone is 1. The summed E-state index contributed by atoms with van der Waals surface area (Å²) in [6.07, 6.45) is 8.08. The second kappa shape index (κ2) is 11.7. The van der Waals surface area contributed by atoms with E-state index >= 15 is 8.78 Å². The highest BCUT2D eigenvalue weighted by Crippen LogP contribution is 2.39. The number of aromatic nitrogens is 2. The van der Waals surface area contributed by atoms with Gasteiger partial charge in [-0.05, 0) is 17.7 Å². The average molecular weight is 582 g/mol. The number of pyridine rings is 1. The minimum Gasteiger partial charge on any atom is -0.464 e. The monoisotopic (exact) mass is 581 g/mol. The van der Waals surface area contributed by atoms with Crippen LogP contribution in [0.25, 0.3) is 16.6 Å². The Bertz CT molecular complexity index is 1500. The molecule has 1 aromatic carbocycles. The molecule has 0 bridgehead atoms. The van der Waals surface area contributed by atoms with Crippen molar-refractivity contribution in [1.29, 1.82) is 0 Å². The van der Waals surface area contributed by atoms with Gasteiger partial charge in [-0.25, -0.2) is 18.8 Å². The average Bonchev–Trinajstić information content (AvgIpc) is 3.29. The molecule has 0 fully saturated rings. The van der Waals surface area contributed by atoms with E-state index in [9.17, 15) is 0 Å². The molecule has 0 amide bonds. The van der Waals surface area contributed by atoms with E-state index in [2.05, 4.69) is 39.9 Å². The molecule has 0 spiro atoms. The zero-order valence-corrected chi connectivity index (χ0v) is 25.3. The summed E-state index contributed by atoms with van der Waals surface area (Å²) in [5.41, 5.74) is 2.62. The lowest BCUT2D eigenvalue weighted by Crippen LogP contribution is -2.33. The van der Waals surface area contributed by atoms with Crippen LogP contribution in [-0.2, 0) is 16.2 Å². The predicted octanol–water partition coefficient (Wildman–Crippen LogP) is 7.10. The zero-order chi connectivity index (χ0) is 29.2. The summed E-state index contributed by atoms with van der Waals surface area (Å²) < 4.78 is 50.1. The molecule has 41 heavy (non-hydrogen) atoms. The summed E-state index contributed by atoms with van der Waals surface area (Å²) in [5.74, 6) is -1.90. The first-order valence-electron chi connectivity index (χ1n) is 13.8. The third kappa shape index (κ3) is 7.02. The van der Waals surface area contributed by atoms with Crippen molar-refractivity contribution in [3.8, 4) is 11.5 Å². The number of hydrogen-bond donors (Lipinski definition) is 1. The fraction of sp³-hybridized carbons (Fsp3) is 0.433. The van der Waals surface area contributed by atoms with Gasteiger partial charge in [0.25, 0.3) is 6.02 Å². The first kappa shape index (κ1) is 28.9. The standard InChI is InChI=1S/C30H37F2N5O3Si/c1-30(2)17-35-29(39-18-30)36-21-14-23(31)27(24(32)15-21)40-25-8-11-34-28-26(25)22(20-6-9-33-10-7-20)16-37(28)19-38-12-13-41(3,4)5/h6,8,10-11,14-16H,7,9,12-13,17-19H2,1-5H3,(H,35,36). The number of dihydropyridines is 1. The minimum absolute atomic E-state index is 0.0897. The topological polar surface area (TPSA) is 82.3 Å². The van der Waals surface area contributed by atoms with Crippen LogP contribution in [0, 0.1) is 17.0 Å². The number of fused-ring (bicyclic) bond motifs is 1. The lowest BCUT2D eigenvalue weighted by Gasteiger charge is -2.28. The molecule has 0 saturated heterocycles. The van der Waals surface area contributed by atoms with Gasteiger partial charge >= 0.3 is 0 Å². The minimum atomic E-state index is -1.24. The molecule has 0 aliphatic carbocycles. The van der Waals surface area contributed by atoms with Crippen molar-refractivity contribution >= 4 is 42.6 Å². The Labute approximate surface area is 240 Å². The number of halogens is 2. The summed E-state index contributed by atoms with van der Waals surface area (Å²) in [4.78, 5) is 13.2. The Morgan fingerprint density at radius 1 is 1.17 bits per heavy atom. The number of amidine groups is 1. The van der Waals surface area contributed by atoms with Gasteiger partial charge in [-0.2, -0.15) is 0 Å². The molecule has 8 nitrogen and oxygen atoms in total. The van der Waals surface area contributed by atoms with Crippen LogP contribution in [0.4, 0.5) is 14.5 Å². The predicted molar refractivity (Wildman–Crippen MR) is 162 cm³/mol. The molecule has 4 heterocycles. The fourth-order valence-electron chi connectivity index (χ4n) is 4.54. The smallest absolute Gasteiger partial charge is 0.289 e. The van der Waals surface area contributed by atoms with Crippen LogP contribution in [0.2, 0.25) is 25.7 Å². The first-order chi connectivity index (χ1) is 19.5. The first-order valence-corrected chi connectivity index (χ1v) is 17.5. The highest BCUT2D eigenvalue weighted by molar-refractivity contribution is 6.76. The maximum atomic E-state index is 15.3. The van der Waals surface area contributed by atoms with Gasteiger partial charge in [-0.15, -0.1) is 0 Å². The maximum absolute atomic E-state index is 15.3. The maximum Gasteiger partial charge on any atom is 0.289 e. The van der Waals surface area contributed by atoms with Gasteiger partial charge in [0.2, 0.25) is 0 Å². The van der Waals surface area contributed by atoms with E-state index in [1.807, 2.05) is 36.9 Å². The number of benzene rings is 1. The fourth-order valence-corrected chi connectivity index (χ4v) is 5.29. The van der Waals surface area contributed by atoms with Gasteiger partial charge in [0, 0.05) is 68.5 Å². The number of ether oxygens (including phenoxy) is 3. The number of nitrogens with zero attached hydrogens (tertiary/aromatic N) is 4. The summed E-state index contributed by atoms with van der Waals surface area (Å²) >= 11 is 0. The number of nitrogens with one attached hydrogen (secondary N) is 1. The van der Waals surface area contributed by atoms with Crippen molar-refractivity contribution in [3.63, 3.8) is 0 Å². The molecule has 218 valence electrons. The Morgan fingerprint density at radius 3 is 2.61 bits per heavy atom. The Morgan fingerprint density at radius 2 is 1.95 bits per heavy atom. The van der Waals surface area contributed by atoms with Crippen LogP contribution in [0.5, 0.6) is 11.5 Å². The Hall–Kier alpha value is -3.57. The third-order valence-electron chi connectivity index (χ3n) is 6.89. The SMILES string of the molecule is CC1(C)CN=C(Nc2cc(F)c(Oc3ccnc4c3c(C3=CCN=CC3)cn4COCC[Si](C)(C)C)c(F)c2)OC1. The molecular formula is C30H37F2N5O3Si. The van der Waals surface area contributed by atoms with Gasteiger partial charge in [0.05, 0.1) is 25.1 Å². The highest BCUT2D eigenvalue weighted by Gasteiger charge is 2.25. The molecule has 0 unspecified atom stereocenters. The van der Waals surface area contributed by atoms with E-state index in [0.717, 1.165) is 17.2 Å². The van der Waals surface area contributed by atoms with E-state index < -0.39 is 25.5 Å². The van der Waals surface area contributed by atoms with Crippen molar-refractivity contribution in [2.45, 2.75) is 52.7 Å². The molecule has 3 aromatic rings. The van der Waals surface area contributed by atoms with Gasteiger partial charge < -0.3 is 24.1 Å². The Kier molecular flexibility index (Phi) is 8.28.